The van der Waals surface area contributed by atoms with Crippen LogP contribution in [0.1, 0.15) is 29.8 Å². The van der Waals surface area contributed by atoms with Crippen LogP contribution >= 0.6 is 0 Å². The molecular formula is C12H14O3. The Labute approximate surface area is 89.0 Å². The first kappa shape index (κ1) is 10.3. The van der Waals surface area contributed by atoms with Gasteiger partial charge in [0.05, 0.1) is 6.10 Å². The van der Waals surface area contributed by atoms with Crippen molar-refractivity contribution in [3.05, 3.63) is 35.4 Å². The summed E-state index contributed by atoms with van der Waals surface area (Å²) >= 11 is 0. The van der Waals surface area contributed by atoms with Gasteiger partial charge in [-0.05, 0) is 11.1 Å². The summed E-state index contributed by atoms with van der Waals surface area (Å²) in [5.41, 5.74) is 1.99. The summed E-state index contributed by atoms with van der Waals surface area (Å²) in [7, 11) is 3.19. The summed E-state index contributed by atoms with van der Waals surface area (Å²) in [5.74, 6) is 0.0862. The molecule has 0 aliphatic heterocycles. The zero-order valence-corrected chi connectivity index (χ0v) is 8.90. The van der Waals surface area contributed by atoms with Gasteiger partial charge in [-0.2, -0.15) is 0 Å². The standard InChI is InChI=1S/C12H14O3/c1-14-11-7-10(13)12(15-2)9-6-4-3-5-8(9)11/h3-6,11-12H,7H2,1-2H3. The van der Waals surface area contributed by atoms with Crippen molar-refractivity contribution in [3.63, 3.8) is 0 Å². The second-order valence-electron chi connectivity index (χ2n) is 3.64. The van der Waals surface area contributed by atoms with Crippen molar-refractivity contribution in [3.8, 4) is 0 Å². The highest BCUT2D eigenvalue weighted by Crippen LogP contribution is 2.36. The van der Waals surface area contributed by atoms with Gasteiger partial charge in [0.25, 0.3) is 0 Å². The van der Waals surface area contributed by atoms with Crippen molar-refractivity contribution in [2.45, 2.75) is 18.6 Å². The summed E-state index contributed by atoms with van der Waals surface area (Å²) in [6, 6.07) is 7.78. The van der Waals surface area contributed by atoms with E-state index < -0.39 is 6.10 Å². The van der Waals surface area contributed by atoms with E-state index in [0.29, 0.717) is 6.42 Å². The Bertz CT molecular complexity index is 373. The Hall–Kier alpha value is -1.19. The van der Waals surface area contributed by atoms with Gasteiger partial charge in [-0.15, -0.1) is 0 Å². The van der Waals surface area contributed by atoms with Crippen LogP contribution in [0.3, 0.4) is 0 Å². The Kier molecular flexibility index (Phi) is 2.84. The topological polar surface area (TPSA) is 35.5 Å². The number of fused-ring (bicyclic) bond motifs is 1. The van der Waals surface area contributed by atoms with Crippen LogP contribution in [0.25, 0.3) is 0 Å². The molecule has 0 N–H and O–H groups in total. The van der Waals surface area contributed by atoms with Gasteiger partial charge in [-0.3, -0.25) is 4.79 Å². The minimum Gasteiger partial charge on any atom is -0.376 e. The molecule has 3 nitrogen and oxygen atoms in total. The molecule has 1 aromatic carbocycles. The van der Waals surface area contributed by atoms with Gasteiger partial charge in [0.2, 0.25) is 0 Å². The van der Waals surface area contributed by atoms with Gasteiger partial charge < -0.3 is 9.47 Å². The molecule has 1 aliphatic rings. The molecule has 1 aromatic rings. The predicted octanol–water partition coefficient (Wildman–Crippen LogP) is 2.03. The zero-order chi connectivity index (χ0) is 10.8. The van der Waals surface area contributed by atoms with E-state index in [1.54, 1.807) is 14.2 Å². The number of carbonyl (C=O) groups is 1. The molecular weight excluding hydrogens is 192 g/mol. The Balaban J connectivity index is 2.47. The van der Waals surface area contributed by atoms with Crippen molar-refractivity contribution < 1.29 is 14.3 Å². The van der Waals surface area contributed by atoms with E-state index in [-0.39, 0.29) is 11.9 Å². The van der Waals surface area contributed by atoms with E-state index in [1.807, 2.05) is 24.3 Å². The van der Waals surface area contributed by atoms with Gasteiger partial charge in [0, 0.05) is 20.6 Å². The maximum Gasteiger partial charge on any atom is 0.169 e. The third-order valence-electron chi connectivity index (χ3n) is 2.82. The van der Waals surface area contributed by atoms with E-state index in [4.69, 9.17) is 9.47 Å². The fraction of sp³-hybridized carbons (Fsp3) is 0.417. The maximum atomic E-state index is 11.8. The van der Waals surface area contributed by atoms with Crippen LogP contribution in [0.5, 0.6) is 0 Å². The van der Waals surface area contributed by atoms with Crippen LogP contribution in [-0.2, 0) is 14.3 Å². The van der Waals surface area contributed by atoms with E-state index >= 15 is 0 Å². The molecule has 0 radical (unpaired) electrons. The molecule has 0 bridgehead atoms. The first-order valence-electron chi connectivity index (χ1n) is 4.95. The number of methoxy groups -OCH3 is 2. The molecule has 0 amide bonds. The van der Waals surface area contributed by atoms with Crippen LogP contribution in [0.2, 0.25) is 0 Å². The molecule has 0 fully saturated rings. The van der Waals surface area contributed by atoms with E-state index in [9.17, 15) is 4.79 Å². The highest BCUT2D eigenvalue weighted by atomic mass is 16.5. The van der Waals surface area contributed by atoms with Crippen LogP contribution in [0.15, 0.2) is 24.3 Å². The highest BCUT2D eigenvalue weighted by Gasteiger charge is 2.33. The third kappa shape index (κ3) is 1.68. The van der Waals surface area contributed by atoms with E-state index in [0.717, 1.165) is 11.1 Å². The van der Waals surface area contributed by atoms with Crippen LogP contribution in [-0.4, -0.2) is 20.0 Å². The van der Waals surface area contributed by atoms with Gasteiger partial charge in [-0.25, -0.2) is 0 Å². The number of hydrogen-bond donors (Lipinski definition) is 0. The molecule has 0 spiro atoms. The lowest BCUT2D eigenvalue weighted by molar-refractivity contribution is -0.133. The quantitative estimate of drug-likeness (QED) is 0.742. The second kappa shape index (κ2) is 4.13. The molecule has 1 aliphatic carbocycles. The Morgan fingerprint density at radius 3 is 2.40 bits per heavy atom. The summed E-state index contributed by atoms with van der Waals surface area (Å²) in [6.07, 6.45) is -0.154. The normalized spacial score (nSPS) is 25.1. The molecule has 80 valence electrons. The average molecular weight is 206 g/mol. The van der Waals surface area contributed by atoms with Gasteiger partial charge in [-0.1, -0.05) is 24.3 Å². The van der Waals surface area contributed by atoms with Gasteiger partial charge in [0.15, 0.2) is 5.78 Å². The molecule has 0 saturated carbocycles. The minimum atomic E-state index is -0.424. The molecule has 2 rings (SSSR count). The highest BCUT2D eigenvalue weighted by molar-refractivity contribution is 5.87. The molecule has 2 atom stereocenters. The Morgan fingerprint density at radius 1 is 1.13 bits per heavy atom. The monoisotopic (exact) mass is 206 g/mol. The van der Waals surface area contributed by atoms with Crippen molar-refractivity contribution in [1.82, 2.24) is 0 Å². The first-order valence-corrected chi connectivity index (χ1v) is 4.95. The lowest BCUT2D eigenvalue weighted by Crippen LogP contribution is -2.25. The molecule has 0 aromatic heterocycles. The second-order valence-corrected chi connectivity index (χ2v) is 3.64. The third-order valence-corrected chi connectivity index (χ3v) is 2.82. The number of carbonyl (C=O) groups excluding carboxylic acids is 1. The lowest BCUT2D eigenvalue weighted by Gasteiger charge is -2.28. The zero-order valence-electron chi connectivity index (χ0n) is 8.90. The number of hydrogen-bond acceptors (Lipinski definition) is 3. The van der Waals surface area contributed by atoms with E-state index in [1.165, 1.54) is 0 Å². The summed E-state index contributed by atoms with van der Waals surface area (Å²) in [6.45, 7) is 0. The fourth-order valence-electron chi connectivity index (χ4n) is 2.08. The smallest absolute Gasteiger partial charge is 0.169 e. The largest absolute Gasteiger partial charge is 0.376 e. The van der Waals surface area contributed by atoms with Crippen LogP contribution in [0.4, 0.5) is 0 Å². The molecule has 15 heavy (non-hydrogen) atoms. The van der Waals surface area contributed by atoms with Crippen molar-refractivity contribution in [2.24, 2.45) is 0 Å². The summed E-state index contributed by atoms with van der Waals surface area (Å²) < 4.78 is 10.5. The SMILES string of the molecule is COC1CC(=O)C(OC)c2ccccc21. The first-order chi connectivity index (χ1) is 7.27. The van der Waals surface area contributed by atoms with Crippen molar-refractivity contribution in [2.75, 3.05) is 14.2 Å². The molecule has 0 heterocycles. The number of ether oxygens (including phenoxy) is 2. The van der Waals surface area contributed by atoms with Crippen molar-refractivity contribution in [1.29, 1.82) is 0 Å². The van der Waals surface area contributed by atoms with E-state index in [2.05, 4.69) is 0 Å². The summed E-state index contributed by atoms with van der Waals surface area (Å²) in [4.78, 5) is 11.8. The lowest BCUT2D eigenvalue weighted by atomic mass is 9.86. The number of rotatable bonds is 2. The van der Waals surface area contributed by atoms with Crippen molar-refractivity contribution >= 4 is 5.78 Å². The van der Waals surface area contributed by atoms with Gasteiger partial charge in [0.1, 0.15) is 6.10 Å². The van der Waals surface area contributed by atoms with Gasteiger partial charge >= 0.3 is 0 Å². The Morgan fingerprint density at radius 2 is 1.80 bits per heavy atom. The number of Topliss-reactive ketones (excluding diaryl/α,β-unsaturated/α-hetero) is 1. The average Bonchev–Trinajstić information content (AvgIpc) is 2.28. The predicted molar refractivity (Wildman–Crippen MR) is 55.6 cm³/mol. The minimum absolute atomic E-state index is 0.0862. The number of benzene rings is 1. The van der Waals surface area contributed by atoms with Crippen LogP contribution < -0.4 is 0 Å². The molecule has 3 heteroatoms. The fourth-order valence-corrected chi connectivity index (χ4v) is 2.08. The summed E-state index contributed by atoms with van der Waals surface area (Å²) in [5, 5.41) is 0. The molecule has 2 unspecified atom stereocenters. The molecule has 0 saturated heterocycles. The maximum absolute atomic E-state index is 11.8. The van der Waals surface area contributed by atoms with Crippen LogP contribution in [0, 0.1) is 0 Å². The number of ketones is 1.